The molecule has 3 rings (SSSR count). The van der Waals surface area contributed by atoms with Crippen molar-refractivity contribution in [1.82, 2.24) is 10.2 Å². The molecule has 2 aromatic rings. The third-order valence-corrected chi connectivity index (χ3v) is 5.48. The first-order chi connectivity index (χ1) is 12.4. The van der Waals surface area contributed by atoms with Crippen molar-refractivity contribution >= 4 is 15.9 Å². The summed E-state index contributed by atoms with van der Waals surface area (Å²) >= 11 is 0. The quantitative estimate of drug-likeness (QED) is 0.793. The molecule has 0 radical (unpaired) electrons. The van der Waals surface area contributed by atoms with Crippen LogP contribution in [0.3, 0.4) is 0 Å². The second-order valence-corrected chi connectivity index (χ2v) is 8.12. The average molecular weight is 377 g/mol. The Morgan fingerprint density at radius 3 is 2.69 bits per heavy atom. The standard InChI is InChI=1S/C18H23N3O4S/c19-26(23,24)17-7-5-14(6-8-17)11-20-18(22)15-3-1-9-21(12-15)13-16-4-2-10-25-16/h2,4-8,10,15H,1,3,9,11-13H2,(H,20,22)(H2,19,23,24)/t15-/m0/s1. The van der Waals surface area contributed by atoms with Crippen molar-refractivity contribution < 1.29 is 17.6 Å². The van der Waals surface area contributed by atoms with Gasteiger partial charge in [-0.1, -0.05) is 12.1 Å². The SMILES string of the molecule is NS(=O)(=O)c1ccc(CNC(=O)[C@H]2CCCN(Cc3ccco3)C2)cc1. The smallest absolute Gasteiger partial charge is 0.238 e. The van der Waals surface area contributed by atoms with Crippen LogP contribution in [0.2, 0.25) is 0 Å². The number of rotatable bonds is 6. The molecule has 1 aliphatic heterocycles. The van der Waals surface area contributed by atoms with E-state index in [1.165, 1.54) is 12.1 Å². The number of piperidine rings is 1. The molecule has 1 aromatic heterocycles. The fourth-order valence-corrected chi connectivity index (χ4v) is 3.68. The van der Waals surface area contributed by atoms with Crippen molar-refractivity contribution in [3.05, 3.63) is 54.0 Å². The summed E-state index contributed by atoms with van der Waals surface area (Å²) in [6.45, 7) is 2.74. The molecule has 2 heterocycles. The number of hydrogen-bond donors (Lipinski definition) is 2. The lowest BCUT2D eigenvalue weighted by molar-refractivity contribution is -0.127. The lowest BCUT2D eigenvalue weighted by Gasteiger charge is -2.31. The van der Waals surface area contributed by atoms with Gasteiger partial charge in [0.15, 0.2) is 0 Å². The van der Waals surface area contributed by atoms with Crippen molar-refractivity contribution in [2.75, 3.05) is 13.1 Å². The first kappa shape index (κ1) is 18.6. The first-order valence-electron chi connectivity index (χ1n) is 8.56. The molecule has 7 nitrogen and oxygen atoms in total. The van der Waals surface area contributed by atoms with Crippen LogP contribution in [0.5, 0.6) is 0 Å². The highest BCUT2D eigenvalue weighted by atomic mass is 32.2. The molecular formula is C18H23N3O4S. The average Bonchev–Trinajstić information content (AvgIpc) is 3.12. The molecule has 0 bridgehead atoms. The van der Waals surface area contributed by atoms with Gasteiger partial charge in [0.05, 0.1) is 23.6 Å². The molecule has 0 aliphatic carbocycles. The van der Waals surface area contributed by atoms with E-state index >= 15 is 0 Å². The zero-order chi connectivity index (χ0) is 18.6. The molecule has 0 saturated carbocycles. The summed E-state index contributed by atoms with van der Waals surface area (Å²) in [6.07, 6.45) is 3.50. The van der Waals surface area contributed by atoms with Crippen LogP contribution < -0.4 is 10.5 Å². The molecule has 26 heavy (non-hydrogen) atoms. The molecular weight excluding hydrogens is 354 g/mol. The highest BCUT2D eigenvalue weighted by molar-refractivity contribution is 7.89. The predicted molar refractivity (Wildman–Crippen MR) is 96.4 cm³/mol. The Morgan fingerprint density at radius 1 is 1.27 bits per heavy atom. The highest BCUT2D eigenvalue weighted by Gasteiger charge is 2.26. The topological polar surface area (TPSA) is 106 Å². The van der Waals surface area contributed by atoms with Crippen LogP contribution in [0.15, 0.2) is 52.0 Å². The second-order valence-electron chi connectivity index (χ2n) is 6.56. The van der Waals surface area contributed by atoms with Crippen LogP contribution in [-0.4, -0.2) is 32.3 Å². The van der Waals surface area contributed by atoms with Crippen LogP contribution in [0.4, 0.5) is 0 Å². The van der Waals surface area contributed by atoms with Gasteiger partial charge in [-0.05, 0) is 49.2 Å². The molecule has 1 amide bonds. The van der Waals surface area contributed by atoms with Gasteiger partial charge >= 0.3 is 0 Å². The van der Waals surface area contributed by atoms with Crippen molar-refractivity contribution in [1.29, 1.82) is 0 Å². The summed E-state index contributed by atoms with van der Waals surface area (Å²) in [4.78, 5) is 14.8. The highest BCUT2D eigenvalue weighted by Crippen LogP contribution is 2.19. The number of hydrogen-bond acceptors (Lipinski definition) is 5. The normalized spacial score (nSPS) is 18.6. The van der Waals surface area contributed by atoms with E-state index in [0.29, 0.717) is 19.6 Å². The van der Waals surface area contributed by atoms with Crippen LogP contribution in [0, 0.1) is 5.92 Å². The van der Waals surface area contributed by atoms with Gasteiger partial charge < -0.3 is 9.73 Å². The summed E-state index contributed by atoms with van der Waals surface area (Å²) in [6, 6.07) is 10.0. The third-order valence-electron chi connectivity index (χ3n) is 4.55. The molecule has 1 saturated heterocycles. The first-order valence-corrected chi connectivity index (χ1v) is 10.1. The van der Waals surface area contributed by atoms with E-state index in [4.69, 9.17) is 9.56 Å². The molecule has 1 aromatic carbocycles. The number of furan rings is 1. The monoisotopic (exact) mass is 377 g/mol. The number of carbonyl (C=O) groups is 1. The van der Waals surface area contributed by atoms with Gasteiger partial charge in [-0.3, -0.25) is 9.69 Å². The van der Waals surface area contributed by atoms with Crippen LogP contribution in [0.1, 0.15) is 24.2 Å². The van der Waals surface area contributed by atoms with Gasteiger partial charge in [0.2, 0.25) is 15.9 Å². The molecule has 1 aliphatic rings. The van der Waals surface area contributed by atoms with E-state index < -0.39 is 10.0 Å². The van der Waals surface area contributed by atoms with Gasteiger partial charge in [-0.2, -0.15) is 0 Å². The minimum absolute atomic E-state index is 0.0182. The summed E-state index contributed by atoms with van der Waals surface area (Å²) in [5.41, 5.74) is 0.828. The largest absolute Gasteiger partial charge is 0.468 e. The van der Waals surface area contributed by atoms with Crippen LogP contribution >= 0.6 is 0 Å². The Bertz CT molecular complexity index is 832. The van der Waals surface area contributed by atoms with Crippen molar-refractivity contribution in [3.63, 3.8) is 0 Å². The third kappa shape index (κ3) is 4.94. The number of nitrogens with one attached hydrogen (secondary N) is 1. The molecule has 140 valence electrons. The number of carbonyl (C=O) groups excluding carboxylic acids is 1. The Hall–Kier alpha value is -2.16. The van der Waals surface area contributed by atoms with E-state index in [-0.39, 0.29) is 16.7 Å². The number of likely N-dealkylation sites (tertiary alicyclic amines) is 1. The number of primary sulfonamides is 1. The summed E-state index contributed by atoms with van der Waals surface area (Å²) in [7, 11) is -3.70. The fraction of sp³-hybridized carbons (Fsp3) is 0.389. The number of nitrogens with zero attached hydrogens (tertiary/aromatic N) is 1. The molecule has 0 spiro atoms. The Labute approximate surface area is 153 Å². The van der Waals surface area contributed by atoms with Gasteiger partial charge in [-0.25, -0.2) is 13.6 Å². The number of nitrogens with two attached hydrogens (primary N) is 1. The lowest BCUT2D eigenvalue weighted by Crippen LogP contribution is -2.42. The Morgan fingerprint density at radius 2 is 2.04 bits per heavy atom. The van der Waals surface area contributed by atoms with E-state index in [1.807, 2.05) is 12.1 Å². The van der Waals surface area contributed by atoms with E-state index in [9.17, 15) is 13.2 Å². The van der Waals surface area contributed by atoms with E-state index in [0.717, 1.165) is 30.7 Å². The summed E-state index contributed by atoms with van der Waals surface area (Å²) < 4.78 is 27.9. The second kappa shape index (κ2) is 8.03. The maximum absolute atomic E-state index is 12.5. The maximum Gasteiger partial charge on any atom is 0.238 e. The molecule has 1 atom stereocenters. The number of amides is 1. The number of sulfonamides is 1. The molecule has 8 heteroatoms. The number of benzene rings is 1. The summed E-state index contributed by atoms with van der Waals surface area (Å²) in [5, 5.41) is 8.02. The van der Waals surface area contributed by atoms with Gasteiger partial charge in [0.1, 0.15) is 5.76 Å². The van der Waals surface area contributed by atoms with E-state index in [1.54, 1.807) is 18.4 Å². The lowest BCUT2D eigenvalue weighted by atomic mass is 9.97. The Kier molecular flexibility index (Phi) is 5.75. The minimum Gasteiger partial charge on any atom is -0.468 e. The van der Waals surface area contributed by atoms with Gasteiger partial charge in [0, 0.05) is 13.1 Å². The van der Waals surface area contributed by atoms with Crippen molar-refractivity contribution in [3.8, 4) is 0 Å². The molecule has 3 N–H and O–H groups in total. The van der Waals surface area contributed by atoms with Crippen molar-refractivity contribution in [2.45, 2.75) is 30.8 Å². The zero-order valence-electron chi connectivity index (χ0n) is 14.4. The molecule has 1 fully saturated rings. The van der Waals surface area contributed by atoms with Crippen molar-refractivity contribution in [2.24, 2.45) is 11.1 Å². The van der Waals surface area contributed by atoms with Crippen LogP contribution in [-0.2, 0) is 27.9 Å². The maximum atomic E-state index is 12.5. The van der Waals surface area contributed by atoms with Crippen LogP contribution in [0.25, 0.3) is 0 Å². The van der Waals surface area contributed by atoms with Gasteiger partial charge in [0.25, 0.3) is 0 Å². The minimum atomic E-state index is -3.70. The predicted octanol–water partition coefficient (Wildman–Crippen LogP) is 1.46. The van der Waals surface area contributed by atoms with E-state index in [2.05, 4.69) is 10.2 Å². The molecule has 0 unspecified atom stereocenters. The summed E-state index contributed by atoms with van der Waals surface area (Å²) in [5.74, 6) is 0.869. The fourth-order valence-electron chi connectivity index (χ4n) is 3.17. The van der Waals surface area contributed by atoms with Gasteiger partial charge in [-0.15, -0.1) is 0 Å². The zero-order valence-corrected chi connectivity index (χ0v) is 15.2. The Balaban J connectivity index is 1.51.